The molecule has 0 radical (unpaired) electrons. The predicted octanol–water partition coefficient (Wildman–Crippen LogP) is 1.98. The summed E-state index contributed by atoms with van der Waals surface area (Å²) in [6, 6.07) is 6.44. The first kappa shape index (κ1) is 13.0. The normalized spacial score (nSPS) is 23.8. The minimum Gasteiger partial charge on any atom is -0.399 e. The van der Waals surface area contributed by atoms with E-state index in [0.717, 1.165) is 18.4 Å². The Hall–Kier alpha value is -0.995. The van der Waals surface area contributed by atoms with Gasteiger partial charge in [0.2, 0.25) is 0 Å². The van der Waals surface area contributed by atoms with E-state index in [-0.39, 0.29) is 18.3 Å². The number of likely N-dealkylation sites (N-methyl/N-ethyl adjacent to an activating group) is 1. The third kappa shape index (κ3) is 1.89. The van der Waals surface area contributed by atoms with Gasteiger partial charge in [0.15, 0.2) is 0 Å². The van der Waals surface area contributed by atoms with Crippen molar-refractivity contribution < 1.29 is 9.31 Å². The highest BCUT2D eigenvalue weighted by Crippen LogP contribution is 2.38. The Balaban J connectivity index is 2.00. The molecule has 0 spiro atoms. The average Bonchev–Trinajstić information content (AvgIpc) is 2.78. The molecule has 3 rings (SSSR count). The Bertz CT molecular complexity index is 497. The highest BCUT2D eigenvalue weighted by Gasteiger charge is 2.52. The maximum Gasteiger partial charge on any atom is 0.496 e. The summed E-state index contributed by atoms with van der Waals surface area (Å²) < 4.78 is 12.3. The van der Waals surface area contributed by atoms with Gasteiger partial charge < -0.3 is 14.2 Å². The van der Waals surface area contributed by atoms with Gasteiger partial charge in [-0.1, -0.05) is 18.2 Å². The van der Waals surface area contributed by atoms with Crippen molar-refractivity contribution in [2.24, 2.45) is 0 Å². The lowest BCUT2D eigenvalue weighted by molar-refractivity contribution is 0.00578. The van der Waals surface area contributed by atoms with Crippen LogP contribution in [0.5, 0.6) is 0 Å². The number of para-hydroxylation sites is 1. The summed E-state index contributed by atoms with van der Waals surface area (Å²) in [5.41, 5.74) is 3.29. The molecule has 0 amide bonds. The number of fused-ring (bicyclic) bond motifs is 1. The minimum absolute atomic E-state index is 0.263. The van der Waals surface area contributed by atoms with Gasteiger partial charge >= 0.3 is 7.12 Å². The molecule has 0 saturated carbocycles. The Kier molecular flexibility index (Phi) is 2.74. The van der Waals surface area contributed by atoms with Crippen LogP contribution in [0.25, 0.3) is 0 Å². The van der Waals surface area contributed by atoms with E-state index in [1.807, 2.05) is 0 Å². The smallest absolute Gasteiger partial charge is 0.399 e. The van der Waals surface area contributed by atoms with Gasteiger partial charge in [-0.05, 0) is 39.7 Å². The van der Waals surface area contributed by atoms with Crippen LogP contribution in [0.3, 0.4) is 0 Å². The SMILES string of the molecule is CN1CCc2cccc(B3OC(C)(C)C(C)(C)O3)c21. The van der Waals surface area contributed by atoms with Crippen molar-refractivity contribution in [2.75, 3.05) is 18.5 Å². The zero-order valence-electron chi connectivity index (χ0n) is 12.5. The predicted molar refractivity (Wildman–Crippen MR) is 79.1 cm³/mol. The zero-order chi connectivity index (χ0) is 13.8. The van der Waals surface area contributed by atoms with Crippen molar-refractivity contribution in [3.05, 3.63) is 23.8 Å². The number of hydrogen-bond acceptors (Lipinski definition) is 3. The molecule has 2 aliphatic rings. The molecule has 3 nitrogen and oxygen atoms in total. The Morgan fingerprint density at radius 2 is 1.74 bits per heavy atom. The molecule has 4 heteroatoms. The first-order chi connectivity index (χ1) is 8.82. The molecule has 0 unspecified atom stereocenters. The van der Waals surface area contributed by atoms with E-state index in [0.29, 0.717) is 0 Å². The van der Waals surface area contributed by atoms with Gasteiger partial charge in [-0.3, -0.25) is 0 Å². The fourth-order valence-corrected chi connectivity index (χ4v) is 2.84. The van der Waals surface area contributed by atoms with Crippen LogP contribution in [0, 0.1) is 0 Å². The van der Waals surface area contributed by atoms with Crippen LogP contribution < -0.4 is 10.4 Å². The number of anilines is 1. The molecular weight excluding hydrogens is 237 g/mol. The second kappa shape index (κ2) is 4.00. The van der Waals surface area contributed by atoms with Crippen LogP contribution >= 0.6 is 0 Å². The monoisotopic (exact) mass is 259 g/mol. The summed E-state index contributed by atoms with van der Waals surface area (Å²) in [7, 11) is 1.88. The first-order valence-electron chi connectivity index (χ1n) is 7.00. The molecule has 2 heterocycles. The van der Waals surface area contributed by atoms with Gasteiger partial charge in [0, 0.05) is 24.7 Å². The first-order valence-corrected chi connectivity index (χ1v) is 7.00. The van der Waals surface area contributed by atoms with Crippen LogP contribution in [0.2, 0.25) is 0 Å². The fraction of sp³-hybridized carbons (Fsp3) is 0.600. The van der Waals surface area contributed by atoms with Crippen LogP contribution in [-0.4, -0.2) is 31.9 Å². The van der Waals surface area contributed by atoms with Gasteiger partial charge in [-0.15, -0.1) is 0 Å². The Morgan fingerprint density at radius 3 is 2.37 bits per heavy atom. The minimum atomic E-state index is -0.280. The number of benzene rings is 1. The van der Waals surface area contributed by atoms with E-state index in [4.69, 9.17) is 9.31 Å². The number of rotatable bonds is 1. The molecule has 1 fully saturated rings. The molecule has 1 saturated heterocycles. The Labute approximate surface area is 116 Å². The van der Waals surface area contributed by atoms with Crippen molar-refractivity contribution in [3.63, 3.8) is 0 Å². The van der Waals surface area contributed by atoms with Crippen molar-refractivity contribution in [3.8, 4) is 0 Å². The molecule has 1 aromatic carbocycles. The molecule has 0 atom stereocenters. The summed E-state index contributed by atoms with van der Waals surface area (Å²) in [4.78, 5) is 2.30. The lowest BCUT2D eigenvalue weighted by Gasteiger charge is -2.32. The quantitative estimate of drug-likeness (QED) is 0.720. The summed E-state index contributed by atoms with van der Waals surface area (Å²) in [6.45, 7) is 9.46. The van der Waals surface area contributed by atoms with Crippen LogP contribution in [-0.2, 0) is 15.7 Å². The van der Waals surface area contributed by atoms with Gasteiger partial charge in [0.1, 0.15) is 0 Å². The van der Waals surface area contributed by atoms with Gasteiger partial charge in [0.25, 0.3) is 0 Å². The lowest BCUT2D eigenvalue weighted by atomic mass is 9.77. The van der Waals surface area contributed by atoms with E-state index in [9.17, 15) is 0 Å². The van der Waals surface area contributed by atoms with Crippen molar-refractivity contribution in [2.45, 2.75) is 45.3 Å². The fourth-order valence-electron chi connectivity index (χ4n) is 2.84. The molecule has 19 heavy (non-hydrogen) atoms. The van der Waals surface area contributed by atoms with Gasteiger partial charge in [0.05, 0.1) is 11.2 Å². The summed E-state index contributed by atoms with van der Waals surface area (Å²) >= 11 is 0. The van der Waals surface area contributed by atoms with Crippen LogP contribution in [0.1, 0.15) is 33.3 Å². The standard InChI is InChI=1S/C15H22BNO2/c1-14(2)15(3,4)19-16(18-14)12-8-6-7-11-9-10-17(5)13(11)12/h6-8H,9-10H2,1-5H3. The van der Waals surface area contributed by atoms with Crippen molar-refractivity contribution in [1.29, 1.82) is 0 Å². The molecule has 1 aromatic rings. The molecule has 102 valence electrons. The van der Waals surface area contributed by atoms with Gasteiger partial charge in [-0.2, -0.15) is 0 Å². The molecule has 0 bridgehead atoms. The summed E-state index contributed by atoms with van der Waals surface area (Å²) in [5.74, 6) is 0. The van der Waals surface area contributed by atoms with Crippen LogP contribution in [0.4, 0.5) is 5.69 Å². The zero-order valence-corrected chi connectivity index (χ0v) is 12.5. The van der Waals surface area contributed by atoms with Gasteiger partial charge in [-0.25, -0.2) is 0 Å². The summed E-state index contributed by atoms with van der Waals surface area (Å²) in [6.07, 6.45) is 1.11. The maximum absolute atomic E-state index is 6.17. The molecule has 2 aliphatic heterocycles. The summed E-state index contributed by atoms with van der Waals surface area (Å²) in [5, 5.41) is 0. The topological polar surface area (TPSA) is 21.7 Å². The molecular formula is C15H22BNO2. The van der Waals surface area contributed by atoms with E-state index < -0.39 is 0 Å². The highest BCUT2D eigenvalue weighted by atomic mass is 16.7. The average molecular weight is 259 g/mol. The molecule has 0 aromatic heterocycles. The third-order valence-corrected chi connectivity index (χ3v) is 4.76. The van der Waals surface area contributed by atoms with Crippen LogP contribution in [0.15, 0.2) is 18.2 Å². The second-order valence-corrected chi connectivity index (χ2v) is 6.61. The largest absolute Gasteiger partial charge is 0.496 e. The lowest BCUT2D eigenvalue weighted by Crippen LogP contribution is -2.41. The van der Waals surface area contributed by atoms with Crippen molar-refractivity contribution >= 4 is 18.3 Å². The van der Waals surface area contributed by atoms with E-state index in [1.165, 1.54) is 11.3 Å². The third-order valence-electron chi connectivity index (χ3n) is 4.76. The van der Waals surface area contributed by atoms with E-state index in [1.54, 1.807) is 0 Å². The van der Waals surface area contributed by atoms with E-state index in [2.05, 4.69) is 57.8 Å². The van der Waals surface area contributed by atoms with E-state index >= 15 is 0 Å². The Morgan fingerprint density at radius 1 is 1.11 bits per heavy atom. The highest BCUT2D eigenvalue weighted by molar-refractivity contribution is 6.64. The second-order valence-electron chi connectivity index (χ2n) is 6.61. The maximum atomic E-state index is 6.17. The number of hydrogen-bond donors (Lipinski definition) is 0. The van der Waals surface area contributed by atoms with Crippen molar-refractivity contribution in [1.82, 2.24) is 0 Å². The molecule has 0 N–H and O–H groups in total. The molecule has 0 aliphatic carbocycles. The number of nitrogens with zero attached hydrogens (tertiary/aromatic N) is 1.